The minimum atomic E-state index is -1.95. The monoisotopic (exact) mass is 1800 g/mol. The van der Waals surface area contributed by atoms with Crippen LogP contribution in [0.25, 0.3) is 99.5 Å². The third kappa shape index (κ3) is 20.9. The first-order chi connectivity index (χ1) is 63.9. The first-order valence-corrected chi connectivity index (χ1v) is 50.9. The summed E-state index contributed by atoms with van der Waals surface area (Å²) in [4.78, 5) is 5.43. The molecule has 0 saturated heterocycles. The van der Waals surface area contributed by atoms with Gasteiger partial charge in [-0.05, 0) is 326 Å². The average molecular weight is 1800 g/mol. The van der Waals surface area contributed by atoms with E-state index in [1.807, 2.05) is 0 Å². The van der Waals surface area contributed by atoms with Gasteiger partial charge < -0.3 is 18.9 Å². The molecule has 5 heteroatoms. The first kappa shape index (κ1) is 94.1. The van der Waals surface area contributed by atoms with Gasteiger partial charge in [0, 0.05) is 80.7 Å². The van der Waals surface area contributed by atoms with Crippen LogP contribution >= 0.6 is 0 Å². The summed E-state index contributed by atoms with van der Waals surface area (Å²) in [6, 6.07) is 97.5. The van der Waals surface area contributed by atoms with E-state index in [0.29, 0.717) is 5.56 Å². The molecule has 2 aliphatic heterocycles. The van der Waals surface area contributed by atoms with Gasteiger partial charge in [0.15, 0.2) is 0 Å². The fourth-order valence-corrected chi connectivity index (χ4v) is 22.3. The molecule has 0 radical (unpaired) electrons. The number of rotatable bonds is 17. The minimum absolute atomic E-state index is 0.0130. The number of anilines is 6. The predicted octanol–water partition coefficient (Wildman–Crippen LogP) is 35.5. The second kappa shape index (κ2) is 34.6. The Labute approximate surface area is 822 Å². The van der Waals surface area contributed by atoms with Gasteiger partial charge in [-0.25, -0.2) is 0 Å². The van der Waals surface area contributed by atoms with Gasteiger partial charge in [-0.15, -0.1) is 0 Å². The largest absolute Gasteiger partial charge is 0.310 e. The van der Waals surface area contributed by atoms with E-state index in [9.17, 15) is 2.74 Å². The third-order valence-electron chi connectivity index (χ3n) is 27.1. The molecule has 0 fully saturated rings. The Morgan fingerprint density at radius 1 is 0.228 bits per heavy atom. The van der Waals surface area contributed by atoms with Crippen LogP contribution in [0.2, 0.25) is 0 Å². The molecule has 17 rings (SSSR count). The molecule has 0 saturated carbocycles. The van der Waals surface area contributed by atoms with Crippen LogP contribution in [0.1, 0.15) is 292 Å². The van der Waals surface area contributed by atoms with Crippen LogP contribution in [0.15, 0.2) is 243 Å². The molecule has 4 nitrogen and oxygen atoms in total. The Kier molecular flexibility index (Phi) is 24.0. The minimum Gasteiger partial charge on any atom is -0.310 e. The maximum atomic E-state index is 11.4. The van der Waals surface area contributed by atoms with Gasteiger partial charge in [0.2, 0.25) is 0 Å². The zero-order valence-corrected chi connectivity index (χ0v) is 89.1. The number of aromatic nitrogens is 2. The average Bonchev–Trinajstić information content (AvgIpc) is 1.05. The lowest BCUT2D eigenvalue weighted by molar-refractivity contribution is 0.411. The molecule has 0 aliphatic carbocycles. The Hall–Kier alpha value is -10.9. The molecule has 0 N–H and O–H groups in total. The van der Waals surface area contributed by atoms with Crippen molar-refractivity contribution in [3.8, 4) is 55.9 Å². The quantitative estimate of drug-likeness (QED) is 0.0845. The molecule has 0 amide bonds. The maximum Gasteiger partial charge on any atom is 0.252 e. The molecule has 0 unspecified atom stereocenters. The second-order valence-corrected chi connectivity index (χ2v) is 54.0. The molecule has 704 valence electrons. The lowest BCUT2D eigenvalue weighted by Gasteiger charge is -2.46. The van der Waals surface area contributed by atoms with Crippen molar-refractivity contribution in [1.82, 2.24) is 9.13 Å². The lowest BCUT2D eigenvalue weighted by Crippen LogP contribution is -2.61. The van der Waals surface area contributed by atoms with Crippen molar-refractivity contribution in [2.24, 2.45) is 48.7 Å². The Morgan fingerprint density at radius 3 is 0.699 bits per heavy atom. The van der Waals surface area contributed by atoms with Gasteiger partial charge in [0.05, 0.1) is 33.4 Å². The highest BCUT2D eigenvalue weighted by Crippen LogP contribution is 2.57. The van der Waals surface area contributed by atoms with Crippen LogP contribution in [0, 0.1) is 48.7 Å². The molecular weight excluding hydrogens is 1640 g/mol. The van der Waals surface area contributed by atoms with Gasteiger partial charge in [0.1, 0.15) is 0 Å². The van der Waals surface area contributed by atoms with Gasteiger partial charge in [-0.1, -0.05) is 362 Å². The summed E-state index contributed by atoms with van der Waals surface area (Å²) in [5.74, 6) is 0. The van der Waals surface area contributed by atoms with Crippen molar-refractivity contribution < 1.29 is 2.74 Å². The fourth-order valence-electron chi connectivity index (χ4n) is 22.3. The van der Waals surface area contributed by atoms with Gasteiger partial charge in [-0.2, -0.15) is 0 Å². The van der Waals surface area contributed by atoms with Crippen molar-refractivity contribution in [1.29, 1.82) is 0 Å². The fraction of sp³-hybridized carbons (Fsp3) is 0.405. The van der Waals surface area contributed by atoms with Crippen LogP contribution in [-0.2, 0) is 68.6 Å². The van der Waals surface area contributed by atoms with E-state index in [0.717, 1.165) is 180 Å². The molecule has 2 aromatic heterocycles. The van der Waals surface area contributed by atoms with Gasteiger partial charge in [-0.3, -0.25) is 0 Å². The van der Waals surface area contributed by atoms with Crippen molar-refractivity contribution in [2.75, 3.05) is 9.80 Å². The maximum absolute atomic E-state index is 11.4. The van der Waals surface area contributed by atoms with Crippen LogP contribution in [0.3, 0.4) is 0 Å². The Balaban J connectivity index is 1.11. The Bertz CT molecular complexity index is 6530. The van der Waals surface area contributed by atoms with Crippen LogP contribution in [-0.4, -0.2) is 15.8 Å². The summed E-state index contributed by atoms with van der Waals surface area (Å²) in [6.07, 6.45) is 5.34. The van der Waals surface area contributed by atoms with Gasteiger partial charge >= 0.3 is 0 Å². The van der Waals surface area contributed by atoms with E-state index in [1.165, 1.54) is 77.2 Å². The predicted molar refractivity (Wildman–Crippen MR) is 597 cm³/mol. The zero-order valence-electron chi connectivity index (χ0n) is 91.1. The third-order valence-corrected chi connectivity index (χ3v) is 27.1. The molecule has 15 aromatic rings. The van der Waals surface area contributed by atoms with Crippen LogP contribution in [0.5, 0.6) is 0 Å². The SMILES string of the molecule is [2H]C([2H])(c1cc2c3c(c1)N(c1c(-c4cccc(CC(C)(C)C)c4)cc(C(C)(C)C)cc1-c1cccc(CC(C)(C)C)c1)c1cc(-n4c5ccc(CC(C)(C)C)cc5c5cc(CC(C)(C)C)ccc54)ccc1B3c1ccc(-n3c4ccc(CC(C)(C)C)cc4c4cc(CC(C)(C)C)ccc43)cc1N2c1c(-c2cccc(CC(C)(C)C)c2)cc(C(C)(C)C)cc1-c1cccc(CC(C)(C)C)c1)C(C)(C)C. The van der Waals surface area contributed by atoms with Gasteiger partial charge in [0.25, 0.3) is 6.71 Å². The van der Waals surface area contributed by atoms with E-state index in [-0.39, 0.29) is 54.1 Å². The van der Waals surface area contributed by atoms with Crippen molar-refractivity contribution in [3.63, 3.8) is 0 Å². The van der Waals surface area contributed by atoms with Crippen LogP contribution < -0.4 is 26.2 Å². The molecule has 136 heavy (non-hydrogen) atoms. The van der Waals surface area contributed by atoms with E-state index in [4.69, 9.17) is 0 Å². The summed E-state index contributed by atoms with van der Waals surface area (Å²) in [7, 11) is 0. The second-order valence-electron chi connectivity index (χ2n) is 54.0. The Morgan fingerprint density at radius 2 is 0.471 bits per heavy atom. The van der Waals surface area contributed by atoms with Crippen LogP contribution in [0.4, 0.5) is 34.1 Å². The molecule has 0 bridgehead atoms. The highest BCUT2D eigenvalue weighted by atomic mass is 15.2. The van der Waals surface area contributed by atoms with Crippen molar-refractivity contribution in [2.45, 2.75) is 297 Å². The van der Waals surface area contributed by atoms with E-state index >= 15 is 0 Å². The van der Waals surface area contributed by atoms with E-state index in [1.54, 1.807) is 0 Å². The standard InChI is InChI=1S/C131H157BN4/c1-121(2,3)74-83-38-34-42-92(58-83)100-68-96(130(28,29)30)69-101(93-43-35-39-84(59-93)75-122(4,5)6)119(100)135-114-72-98(133-110-54-46-87(78-125(13,14)15)62-104(110)105-63-88(47-55-111(105)133)79-126(16,17)18)50-52-108(114)132-109-53-51-99(134-112-56-48-89(80-127(19,20)21)64-106(112)107-65-90(49-57-113(107)134)81-128(22,23)24)73-115(109)136(117-67-91(82-129(25,26)27)66-116(135)118(117)132)120-102(94-44-36-40-85(60-94)76-123(7,8)9)70-97(131(31,32)33)71-103(120)95-45-37-41-86(61-95)77-124(10,11)12/h34-73H,74-82H2,1-33H3/i82D2. The first-order valence-electron chi connectivity index (χ1n) is 51.9. The summed E-state index contributed by atoms with van der Waals surface area (Å²) < 4.78 is 28.0. The zero-order chi connectivity index (χ0) is 99.8. The normalized spacial score (nSPS) is 14.2. The molecule has 4 heterocycles. The summed E-state index contributed by atoms with van der Waals surface area (Å²) in [5, 5.41) is 5.00. The van der Waals surface area contributed by atoms with Crippen molar-refractivity contribution in [3.05, 3.63) is 304 Å². The topological polar surface area (TPSA) is 16.3 Å². The molecule has 0 atom stereocenters. The van der Waals surface area contributed by atoms with E-state index in [2.05, 4.69) is 490 Å². The molecular formula is C131H157BN4. The summed E-state index contributed by atoms with van der Waals surface area (Å²) in [5.41, 5.74) is 37.4. The number of hydrogen-bond donors (Lipinski definition) is 0. The highest BCUT2D eigenvalue weighted by molar-refractivity contribution is 7.00. The lowest BCUT2D eigenvalue weighted by atomic mass is 9.33. The highest BCUT2D eigenvalue weighted by Gasteiger charge is 2.47. The van der Waals surface area contributed by atoms with Crippen molar-refractivity contribution >= 4 is 101 Å². The number of benzene rings is 13. The number of fused-ring (bicyclic) bond motifs is 10. The number of nitrogens with zero attached hydrogens (tertiary/aromatic N) is 4. The number of hydrogen-bond acceptors (Lipinski definition) is 2. The molecule has 2 aliphatic rings. The summed E-state index contributed by atoms with van der Waals surface area (Å²) >= 11 is 0. The summed E-state index contributed by atoms with van der Waals surface area (Å²) in [6.45, 7) is 76.9. The van der Waals surface area contributed by atoms with E-state index < -0.39 is 18.5 Å². The smallest absolute Gasteiger partial charge is 0.252 e. The molecule has 0 spiro atoms. The molecule has 13 aromatic carbocycles.